The largest absolute Gasteiger partial charge is 0.545 e. The van der Waals surface area contributed by atoms with E-state index in [2.05, 4.69) is 111 Å². The maximum absolute atomic E-state index is 12.8. The molecule has 0 aromatic heterocycles. The first kappa shape index (κ1) is 61.2. The van der Waals surface area contributed by atoms with Gasteiger partial charge in [0.25, 0.3) is 0 Å². The molecule has 370 valence electrons. The molecule has 0 aromatic rings. The number of hydrogen-bond acceptors (Lipinski definition) is 8. The van der Waals surface area contributed by atoms with Crippen molar-refractivity contribution >= 4 is 17.9 Å². The molecule has 2 atom stereocenters. The van der Waals surface area contributed by atoms with E-state index in [9.17, 15) is 19.5 Å². The molecule has 0 saturated carbocycles. The number of carboxylic acid groups (broad SMARTS) is 1. The number of carboxylic acids is 1. The summed E-state index contributed by atoms with van der Waals surface area (Å²) in [5, 5.41) is 11.7. The number of hydrogen-bond donors (Lipinski definition) is 0. The van der Waals surface area contributed by atoms with Gasteiger partial charge in [-0.05, 0) is 89.9 Å². The second-order valence-electron chi connectivity index (χ2n) is 17.7. The van der Waals surface area contributed by atoms with Crippen LogP contribution in [0, 0.1) is 0 Å². The van der Waals surface area contributed by atoms with Crippen molar-refractivity contribution in [2.45, 2.75) is 193 Å². The molecule has 0 spiro atoms. The molecule has 0 heterocycles. The third kappa shape index (κ3) is 48.0. The number of esters is 2. The van der Waals surface area contributed by atoms with Crippen LogP contribution in [0.15, 0.2) is 97.2 Å². The standard InChI is InChI=1S/C56H93NO8/c1-6-8-10-12-14-16-18-20-21-22-23-24-25-26-27-28-29-30-31-32-33-35-37-39-41-43-45-47-54(59)65-52(51-64-56(55(60)61)62-49-48-57(3,4)5)50-63-53(58)46-44-42-40-38-36-34-19-17-15-13-11-9-7-2/h8,10-11,13-14,16-17,19-21,23-24,26-27,29-30,52,56H,6-7,9,12,15,18,22,25,28,31-51H2,1-5H3/b10-8-,13-11-,16-14-,19-17-,21-20-,24-23-,27-26-,30-29-. The zero-order chi connectivity index (χ0) is 47.7. The summed E-state index contributed by atoms with van der Waals surface area (Å²) in [4.78, 5) is 37.1. The fourth-order valence-electron chi connectivity index (χ4n) is 6.40. The lowest BCUT2D eigenvalue weighted by molar-refractivity contribution is -0.870. The van der Waals surface area contributed by atoms with Gasteiger partial charge in [0.05, 0.1) is 40.3 Å². The topological polar surface area (TPSA) is 111 Å². The van der Waals surface area contributed by atoms with Crippen molar-refractivity contribution in [3.05, 3.63) is 97.2 Å². The Hall–Kier alpha value is -3.79. The highest BCUT2D eigenvalue weighted by Gasteiger charge is 2.21. The van der Waals surface area contributed by atoms with E-state index >= 15 is 0 Å². The summed E-state index contributed by atoms with van der Waals surface area (Å²) in [6.45, 7) is 4.51. The lowest BCUT2D eigenvalue weighted by atomic mass is 10.1. The molecule has 0 aliphatic rings. The van der Waals surface area contributed by atoms with E-state index in [-0.39, 0.29) is 38.6 Å². The fraction of sp³-hybridized carbons (Fsp3) is 0.661. The molecule has 65 heavy (non-hydrogen) atoms. The number of nitrogens with zero attached hydrogens (tertiary/aromatic N) is 1. The molecule has 0 fully saturated rings. The van der Waals surface area contributed by atoms with Crippen LogP contribution >= 0.6 is 0 Å². The van der Waals surface area contributed by atoms with Gasteiger partial charge in [-0.2, -0.15) is 0 Å². The van der Waals surface area contributed by atoms with Crippen molar-refractivity contribution in [2.24, 2.45) is 0 Å². The Balaban J connectivity index is 4.34. The van der Waals surface area contributed by atoms with Crippen LogP contribution in [0.1, 0.15) is 181 Å². The average Bonchev–Trinajstić information content (AvgIpc) is 3.27. The van der Waals surface area contributed by atoms with Crippen LogP contribution in [0.25, 0.3) is 0 Å². The molecule has 0 radical (unpaired) electrons. The molecular formula is C56H93NO8. The van der Waals surface area contributed by atoms with Gasteiger partial charge in [0.15, 0.2) is 12.4 Å². The maximum atomic E-state index is 12.8. The zero-order valence-corrected chi connectivity index (χ0v) is 41.8. The predicted octanol–water partition coefficient (Wildman–Crippen LogP) is 12.9. The second-order valence-corrected chi connectivity index (χ2v) is 17.7. The Morgan fingerprint density at radius 1 is 0.477 bits per heavy atom. The van der Waals surface area contributed by atoms with Gasteiger partial charge < -0.3 is 33.3 Å². The van der Waals surface area contributed by atoms with E-state index in [1.165, 1.54) is 32.1 Å². The van der Waals surface area contributed by atoms with E-state index in [1.807, 2.05) is 21.1 Å². The molecule has 0 aromatic carbocycles. The highest BCUT2D eigenvalue weighted by Crippen LogP contribution is 2.13. The number of aliphatic carboxylic acids is 1. The minimum atomic E-state index is -1.63. The Morgan fingerprint density at radius 3 is 1.31 bits per heavy atom. The number of carbonyl (C=O) groups excluding carboxylic acids is 3. The molecule has 0 bridgehead atoms. The molecule has 9 heteroatoms. The third-order valence-electron chi connectivity index (χ3n) is 10.3. The Labute approximate surface area is 397 Å². The fourth-order valence-corrected chi connectivity index (χ4v) is 6.40. The van der Waals surface area contributed by atoms with Crippen molar-refractivity contribution in [3.8, 4) is 0 Å². The minimum Gasteiger partial charge on any atom is -0.545 e. The van der Waals surface area contributed by atoms with Crippen molar-refractivity contribution < 1.29 is 42.9 Å². The molecule has 0 amide bonds. The zero-order valence-electron chi connectivity index (χ0n) is 41.8. The van der Waals surface area contributed by atoms with Gasteiger partial charge in [-0.3, -0.25) is 9.59 Å². The third-order valence-corrected chi connectivity index (χ3v) is 10.3. The summed E-state index contributed by atoms with van der Waals surface area (Å²) in [5.41, 5.74) is 0. The van der Waals surface area contributed by atoms with E-state index in [0.29, 0.717) is 17.4 Å². The highest BCUT2D eigenvalue weighted by molar-refractivity contribution is 5.70. The summed E-state index contributed by atoms with van der Waals surface area (Å²) in [5.74, 6) is -2.33. The quantitative estimate of drug-likeness (QED) is 0.0195. The number of unbranched alkanes of at least 4 members (excludes halogenated alkanes) is 14. The summed E-state index contributed by atoms with van der Waals surface area (Å²) in [6.07, 6.45) is 58.7. The van der Waals surface area contributed by atoms with Crippen LogP contribution in [0.2, 0.25) is 0 Å². The van der Waals surface area contributed by atoms with Crippen LogP contribution in [0.4, 0.5) is 0 Å². The van der Waals surface area contributed by atoms with Gasteiger partial charge in [-0.25, -0.2) is 0 Å². The molecule has 0 N–H and O–H groups in total. The van der Waals surface area contributed by atoms with Crippen molar-refractivity contribution in [2.75, 3.05) is 47.5 Å². The average molecular weight is 908 g/mol. The van der Waals surface area contributed by atoms with E-state index in [1.54, 1.807) is 0 Å². The normalized spacial score (nSPS) is 13.7. The Morgan fingerprint density at radius 2 is 0.877 bits per heavy atom. The number of ether oxygens (including phenoxy) is 4. The molecule has 0 aliphatic heterocycles. The van der Waals surface area contributed by atoms with E-state index in [0.717, 1.165) is 116 Å². The first-order valence-corrected chi connectivity index (χ1v) is 25.4. The second kappa shape index (κ2) is 46.7. The van der Waals surface area contributed by atoms with Crippen molar-refractivity contribution in [1.82, 2.24) is 0 Å². The summed E-state index contributed by atoms with van der Waals surface area (Å²) >= 11 is 0. The number of rotatable bonds is 45. The summed E-state index contributed by atoms with van der Waals surface area (Å²) in [6, 6.07) is 0. The maximum Gasteiger partial charge on any atom is 0.306 e. The van der Waals surface area contributed by atoms with Gasteiger partial charge >= 0.3 is 11.9 Å². The summed E-state index contributed by atoms with van der Waals surface area (Å²) in [7, 11) is 5.90. The van der Waals surface area contributed by atoms with E-state index < -0.39 is 24.3 Å². The first-order valence-electron chi connectivity index (χ1n) is 25.4. The van der Waals surface area contributed by atoms with Gasteiger partial charge in [0.1, 0.15) is 13.2 Å². The highest BCUT2D eigenvalue weighted by atomic mass is 16.7. The first-order chi connectivity index (χ1) is 31.6. The van der Waals surface area contributed by atoms with Gasteiger partial charge in [-0.15, -0.1) is 0 Å². The Kier molecular flexibility index (Phi) is 44.0. The number of quaternary nitrogens is 1. The van der Waals surface area contributed by atoms with Crippen LogP contribution in [0.5, 0.6) is 0 Å². The lowest BCUT2D eigenvalue weighted by Crippen LogP contribution is -2.44. The summed E-state index contributed by atoms with van der Waals surface area (Å²) < 4.78 is 22.6. The molecule has 9 nitrogen and oxygen atoms in total. The van der Waals surface area contributed by atoms with Crippen LogP contribution in [-0.2, 0) is 33.3 Å². The van der Waals surface area contributed by atoms with E-state index in [4.69, 9.17) is 18.9 Å². The van der Waals surface area contributed by atoms with Gasteiger partial charge in [-0.1, -0.05) is 175 Å². The monoisotopic (exact) mass is 908 g/mol. The SMILES string of the molecule is CC/C=C\C/C=C\C/C=C\C/C=C\C/C=C\C/C=C\CCCCCCCCCCC(=O)OC(COC(=O)CCCCCCC/C=C\C/C=C\CCC)COC(OCC[N+](C)(C)C)C(=O)[O-]. The number of likely N-dealkylation sites (N-methyl/N-ethyl adjacent to an activating group) is 1. The number of allylic oxidation sites excluding steroid dienone is 16. The molecule has 0 saturated heterocycles. The van der Waals surface area contributed by atoms with Crippen LogP contribution in [-0.4, -0.2) is 82.3 Å². The van der Waals surface area contributed by atoms with Crippen LogP contribution in [0.3, 0.4) is 0 Å². The smallest absolute Gasteiger partial charge is 0.306 e. The van der Waals surface area contributed by atoms with Crippen molar-refractivity contribution in [3.63, 3.8) is 0 Å². The predicted molar refractivity (Wildman–Crippen MR) is 269 cm³/mol. The molecule has 2 unspecified atom stereocenters. The lowest BCUT2D eigenvalue weighted by Gasteiger charge is -2.26. The molecule has 0 rings (SSSR count). The minimum absolute atomic E-state index is 0.138. The van der Waals surface area contributed by atoms with Crippen LogP contribution < -0.4 is 5.11 Å². The van der Waals surface area contributed by atoms with Gasteiger partial charge in [0.2, 0.25) is 0 Å². The number of carbonyl (C=O) groups is 3. The molecule has 0 aliphatic carbocycles. The molecular weight excluding hydrogens is 815 g/mol. The van der Waals surface area contributed by atoms with Crippen molar-refractivity contribution in [1.29, 1.82) is 0 Å². The van der Waals surface area contributed by atoms with Gasteiger partial charge in [0, 0.05) is 12.8 Å². The Bertz CT molecular complexity index is 1380.